The molecule has 0 aliphatic carbocycles. The fourth-order valence-corrected chi connectivity index (χ4v) is 2.25. The predicted octanol–water partition coefficient (Wildman–Crippen LogP) is 3.88. The minimum Gasteiger partial charge on any atom is -0.497 e. The zero-order chi connectivity index (χ0) is 17.1. The molecule has 0 atom stereocenters. The molecule has 0 aliphatic heterocycles. The lowest BCUT2D eigenvalue weighted by Gasteiger charge is -2.02. The Kier molecular flexibility index (Phi) is 4.11. The first kappa shape index (κ1) is 15.5. The van der Waals surface area contributed by atoms with Crippen molar-refractivity contribution in [2.24, 2.45) is 0 Å². The number of rotatable bonds is 4. The molecule has 0 saturated heterocycles. The van der Waals surface area contributed by atoms with E-state index in [0.717, 1.165) is 5.56 Å². The van der Waals surface area contributed by atoms with Crippen molar-refractivity contribution in [1.82, 2.24) is 0 Å². The summed E-state index contributed by atoms with van der Waals surface area (Å²) in [7, 11) is 1.53. The highest BCUT2D eigenvalue weighted by molar-refractivity contribution is 5.79. The third-order valence-electron chi connectivity index (χ3n) is 3.50. The fourth-order valence-electron chi connectivity index (χ4n) is 2.25. The molecule has 0 radical (unpaired) electrons. The van der Waals surface area contributed by atoms with Crippen molar-refractivity contribution < 1.29 is 14.1 Å². The zero-order valence-corrected chi connectivity index (χ0v) is 12.8. The van der Waals surface area contributed by atoms with E-state index in [4.69, 9.17) is 9.15 Å². The van der Waals surface area contributed by atoms with E-state index >= 15 is 0 Å². The Bertz CT molecular complexity index is 986. The van der Waals surface area contributed by atoms with Crippen molar-refractivity contribution in [1.29, 1.82) is 0 Å². The lowest BCUT2D eigenvalue weighted by Crippen LogP contribution is -2.00. The summed E-state index contributed by atoms with van der Waals surface area (Å²) in [6.45, 7) is 0. The zero-order valence-electron chi connectivity index (χ0n) is 12.8. The van der Waals surface area contributed by atoms with Gasteiger partial charge in [0.15, 0.2) is 5.43 Å². The summed E-state index contributed by atoms with van der Waals surface area (Å²) >= 11 is 0. The molecule has 0 amide bonds. The number of nitro groups is 1. The predicted molar refractivity (Wildman–Crippen MR) is 91.1 cm³/mol. The van der Waals surface area contributed by atoms with Crippen LogP contribution < -0.4 is 10.2 Å². The number of nitro benzene ring substituents is 1. The van der Waals surface area contributed by atoms with Gasteiger partial charge in [0.2, 0.25) is 0 Å². The number of non-ortho nitro benzene ring substituents is 1. The molecule has 6 nitrogen and oxygen atoms in total. The second kappa shape index (κ2) is 6.37. The summed E-state index contributed by atoms with van der Waals surface area (Å²) < 4.78 is 10.8. The van der Waals surface area contributed by atoms with Crippen molar-refractivity contribution in [3.63, 3.8) is 0 Å². The van der Waals surface area contributed by atoms with Crippen LogP contribution in [0.15, 0.2) is 57.7 Å². The first-order valence-electron chi connectivity index (χ1n) is 7.11. The number of benzene rings is 2. The van der Waals surface area contributed by atoms with Gasteiger partial charge >= 0.3 is 0 Å². The Morgan fingerprint density at radius 2 is 1.83 bits per heavy atom. The SMILES string of the molecule is COc1ccc2oc(/C=C/c3ccc([N+](=O)[O-])cc3)cc(=O)c2c1. The Labute approximate surface area is 136 Å². The van der Waals surface area contributed by atoms with Gasteiger partial charge in [-0.1, -0.05) is 6.08 Å². The van der Waals surface area contributed by atoms with Gasteiger partial charge in [-0.15, -0.1) is 0 Å². The van der Waals surface area contributed by atoms with Crippen LogP contribution in [0.4, 0.5) is 5.69 Å². The molecule has 0 fully saturated rings. The van der Waals surface area contributed by atoms with Crippen molar-refractivity contribution >= 4 is 28.8 Å². The molecule has 0 aliphatic rings. The molecule has 1 aromatic heterocycles. The molecule has 0 N–H and O–H groups in total. The minimum atomic E-state index is -0.454. The number of nitrogens with zero attached hydrogens (tertiary/aromatic N) is 1. The van der Waals surface area contributed by atoms with E-state index in [-0.39, 0.29) is 11.1 Å². The van der Waals surface area contributed by atoms with E-state index in [1.165, 1.54) is 25.3 Å². The molecule has 3 aromatic rings. The summed E-state index contributed by atoms with van der Waals surface area (Å²) in [5.41, 5.74) is 1.08. The largest absolute Gasteiger partial charge is 0.497 e. The summed E-state index contributed by atoms with van der Waals surface area (Å²) in [6.07, 6.45) is 3.36. The third kappa shape index (κ3) is 3.17. The highest BCUT2D eigenvalue weighted by Crippen LogP contribution is 2.20. The third-order valence-corrected chi connectivity index (χ3v) is 3.50. The number of hydrogen-bond acceptors (Lipinski definition) is 5. The number of methoxy groups -OCH3 is 1. The summed E-state index contributed by atoms with van der Waals surface area (Å²) in [5.74, 6) is 0.986. The van der Waals surface area contributed by atoms with Crippen LogP contribution in [0.2, 0.25) is 0 Å². The van der Waals surface area contributed by atoms with Crippen LogP contribution in [0.5, 0.6) is 5.75 Å². The van der Waals surface area contributed by atoms with E-state index in [0.29, 0.717) is 22.5 Å². The highest BCUT2D eigenvalue weighted by Gasteiger charge is 2.05. The Balaban J connectivity index is 1.92. The van der Waals surface area contributed by atoms with Crippen LogP contribution in [0.25, 0.3) is 23.1 Å². The van der Waals surface area contributed by atoms with E-state index in [2.05, 4.69) is 0 Å². The lowest BCUT2D eigenvalue weighted by atomic mass is 10.1. The van der Waals surface area contributed by atoms with Crippen molar-refractivity contribution in [3.05, 3.63) is 80.2 Å². The molecule has 24 heavy (non-hydrogen) atoms. The second-order valence-electron chi connectivity index (χ2n) is 5.06. The quantitative estimate of drug-likeness (QED) is 0.537. The summed E-state index contributed by atoms with van der Waals surface area (Å²) in [6, 6.07) is 12.5. The van der Waals surface area contributed by atoms with Crippen molar-refractivity contribution in [3.8, 4) is 5.75 Å². The molecule has 0 saturated carbocycles. The Hall–Kier alpha value is -3.41. The van der Waals surface area contributed by atoms with Crippen LogP contribution in [-0.2, 0) is 0 Å². The molecule has 0 unspecified atom stereocenters. The number of hydrogen-bond donors (Lipinski definition) is 0. The fraction of sp³-hybridized carbons (Fsp3) is 0.0556. The Morgan fingerprint density at radius 1 is 1.08 bits per heavy atom. The molecule has 3 rings (SSSR count). The maximum Gasteiger partial charge on any atom is 0.269 e. The average Bonchev–Trinajstić information content (AvgIpc) is 2.60. The first-order chi connectivity index (χ1) is 11.6. The van der Waals surface area contributed by atoms with Crippen LogP contribution in [0.3, 0.4) is 0 Å². The van der Waals surface area contributed by atoms with E-state index in [1.807, 2.05) is 0 Å². The molecule has 1 heterocycles. The maximum atomic E-state index is 12.2. The molecular formula is C18H13NO5. The van der Waals surface area contributed by atoms with Crippen molar-refractivity contribution in [2.45, 2.75) is 0 Å². The topological polar surface area (TPSA) is 82.6 Å². The first-order valence-corrected chi connectivity index (χ1v) is 7.11. The van der Waals surface area contributed by atoms with Crippen LogP contribution >= 0.6 is 0 Å². The summed E-state index contributed by atoms with van der Waals surface area (Å²) in [5, 5.41) is 11.1. The Morgan fingerprint density at radius 3 is 2.50 bits per heavy atom. The van der Waals surface area contributed by atoms with Gasteiger partial charge < -0.3 is 9.15 Å². The van der Waals surface area contributed by atoms with E-state index in [1.54, 1.807) is 42.5 Å². The minimum absolute atomic E-state index is 0.0262. The standard InChI is InChI=1S/C18H13NO5/c1-23-14-8-9-18-16(10-14)17(20)11-15(24-18)7-4-12-2-5-13(6-3-12)19(21)22/h2-11H,1H3/b7-4+. The van der Waals surface area contributed by atoms with Crippen molar-refractivity contribution in [2.75, 3.05) is 7.11 Å². The van der Waals surface area contributed by atoms with Gasteiger partial charge in [0.05, 0.1) is 17.4 Å². The van der Waals surface area contributed by atoms with E-state index < -0.39 is 4.92 Å². The molecule has 0 bridgehead atoms. The van der Waals surface area contributed by atoms with Gasteiger partial charge in [-0.25, -0.2) is 0 Å². The number of fused-ring (bicyclic) bond motifs is 1. The lowest BCUT2D eigenvalue weighted by molar-refractivity contribution is -0.384. The average molecular weight is 323 g/mol. The van der Waals surface area contributed by atoms with Gasteiger partial charge in [-0.2, -0.15) is 0 Å². The molecular weight excluding hydrogens is 310 g/mol. The molecule has 0 spiro atoms. The molecule has 2 aromatic carbocycles. The molecule has 120 valence electrons. The van der Waals surface area contributed by atoms with Gasteiger partial charge in [-0.05, 0) is 42.0 Å². The van der Waals surface area contributed by atoms with Crippen LogP contribution in [0.1, 0.15) is 11.3 Å². The van der Waals surface area contributed by atoms with E-state index in [9.17, 15) is 14.9 Å². The van der Waals surface area contributed by atoms with Crippen LogP contribution in [-0.4, -0.2) is 12.0 Å². The van der Waals surface area contributed by atoms with Gasteiger partial charge in [-0.3, -0.25) is 14.9 Å². The van der Waals surface area contributed by atoms with Crippen LogP contribution in [0, 0.1) is 10.1 Å². The van der Waals surface area contributed by atoms with Gasteiger partial charge in [0.25, 0.3) is 5.69 Å². The monoisotopic (exact) mass is 323 g/mol. The normalized spacial score (nSPS) is 11.0. The second-order valence-corrected chi connectivity index (χ2v) is 5.06. The highest BCUT2D eigenvalue weighted by atomic mass is 16.6. The van der Waals surface area contributed by atoms with Gasteiger partial charge in [0, 0.05) is 18.2 Å². The smallest absolute Gasteiger partial charge is 0.269 e. The number of ether oxygens (including phenoxy) is 1. The molecule has 6 heteroatoms. The maximum absolute atomic E-state index is 12.2. The van der Waals surface area contributed by atoms with Gasteiger partial charge in [0.1, 0.15) is 17.1 Å². The summed E-state index contributed by atoms with van der Waals surface area (Å²) in [4.78, 5) is 22.3.